The molecular weight excluding hydrogens is 1020 g/mol. The van der Waals surface area contributed by atoms with Gasteiger partial charge in [0.05, 0.1) is 33.4 Å². The predicted molar refractivity (Wildman–Crippen MR) is 352 cm³/mol. The number of hydrogen-bond donors (Lipinski definition) is 0. The second-order valence-corrected chi connectivity index (χ2v) is 22.0. The third-order valence-corrected chi connectivity index (χ3v) is 17.4. The van der Waals surface area contributed by atoms with Gasteiger partial charge >= 0.3 is 0 Å². The van der Waals surface area contributed by atoms with Crippen LogP contribution in [0.3, 0.4) is 0 Å². The lowest BCUT2D eigenvalue weighted by atomic mass is 10.0. The molecule has 0 aliphatic heterocycles. The Kier molecular flexibility index (Phi) is 9.99. The summed E-state index contributed by atoms with van der Waals surface area (Å²) in [5.74, 6) is 0. The van der Waals surface area contributed by atoms with Crippen LogP contribution in [0.25, 0.3) is 131 Å². The highest BCUT2D eigenvalue weighted by Gasteiger charge is 2.24. The van der Waals surface area contributed by atoms with Crippen molar-refractivity contribution in [2.24, 2.45) is 0 Å². The number of rotatable bonds is 8. The number of hydrogen-bond acceptors (Lipinski definition) is 4. The number of aromatic nitrogens is 2. The van der Waals surface area contributed by atoms with Crippen molar-refractivity contribution >= 4 is 154 Å². The van der Waals surface area contributed by atoms with E-state index in [9.17, 15) is 0 Å². The van der Waals surface area contributed by atoms with Crippen molar-refractivity contribution in [3.05, 3.63) is 291 Å². The quantitative estimate of drug-likeness (QED) is 0.152. The van der Waals surface area contributed by atoms with E-state index in [0.29, 0.717) is 0 Å². The second-order valence-electron chi connectivity index (χ2n) is 22.0. The van der Waals surface area contributed by atoms with E-state index in [4.69, 9.17) is 8.83 Å². The first-order valence-corrected chi connectivity index (χ1v) is 28.6. The highest BCUT2D eigenvalue weighted by atomic mass is 16.3. The fourth-order valence-corrected chi connectivity index (χ4v) is 13.8. The van der Waals surface area contributed by atoms with Crippen molar-refractivity contribution < 1.29 is 8.83 Å². The first-order valence-electron chi connectivity index (χ1n) is 28.6. The molecule has 0 aliphatic carbocycles. The molecule has 6 heteroatoms. The van der Waals surface area contributed by atoms with Crippen molar-refractivity contribution in [2.75, 3.05) is 9.80 Å². The molecule has 0 saturated carbocycles. The third-order valence-electron chi connectivity index (χ3n) is 17.4. The van der Waals surface area contributed by atoms with Crippen molar-refractivity contribution in [2.45, 2.75) is 0 Å². The Bertz CT molecular complexity index is 5330. The highest BCUT2D eigenvalue weighted by molar-refractivity contribution is 6.25. The van der Waals surface area contributed by atoms with E-state index in [-0.39, 0.29) is 0 Å². The number of benzene rings is 14. The van der Waals surface area contributed by atoms with Crippen molar-refractivity contribution in [3.8, 4) is 11.4 Å². The zero-order chi connectivity index (χ0) is 55.0. The molecule has 14 aromatic carbocycles. The first-order chi connectivity index (χ1) is 41.7. The van der Waals surface area contributed by atoms with Crippen LogP contribution in [0.2, 0.25) is 0 Å². The fraction of sp³-hybridized carbons (Fsp3) is 0. The summed E-state index contributed by atoms with van der Waals surface area (Å²) in [6, 6.07) is 105. The Morgan fingerprint density at radius 1 is 0.226 bits per heavy atom. The van der Waals surface area contributed by atoms with Crippen LogP contribution in [-0.2, 0) is 0 Å². The van der Waals surface area contributed by atoms with Gasteiger partial charge in [0.25, 0.3) is 0 Å². The average Bonchev–Trinajstić information content (AvgIpc) is 2.26. The minimum atomic E-state index is 0.825. The van der Waals surface area contributed by atoms with E-state index < -0.39 is 0 Å². The number of fused-ring (bicyclic) bond motifs is 17. The van der Waals surface area contributed by atoms with Crippen LogP contribution in [0, 0.1) is 0 Å². The zero-order valence-corrected chi connectivity index (χ0v) is 45.3. The average molecular weight is 1070 g/mol. The molecule has 0 radical (unpaired) electrons. The number of nitrogens with zero attached hydrogens (tertiary/aromatic N) is 4. The Morgan fingerprint density at radius 2 is 0.595 bits per heavy atom. The van der Waals surface area contributed by atoms with E-state index in [1.54, 1.807) is 0 Å². The first kappa shape index (κ1) is 46.4. The molecule has 0 aliphatic rings. The molecule has 4 heterocycles. The molecule has 0 fully saturated rings. The van der Waals surface area contributed by atoms with Crippen LogP contribution >= 0.6 is 0 Å². The van der Waals surface area contributed by atoms with Crippen LogP contribution < -0.4 is 9.80 Å². The molecule has 0 bridgehead atoms. The Hall–Kier alpha value is -11.3. The van der Waals surface area contributed by atoms with Gasteiger partial charge in [-0.2, -0.15) is 0 Å². The summed E-state index contributed by atoms with van der Waals surface area (Å²) < 4.78 is 18.6. The Balaban J connectivity index is 0.742. The maximum Gasteiger partial charge on any atom is 0.137 e. The van der Waals surface area contributed by atoms with Crippen LogP contribution in [0.1, 0.15) is 0 Å². The van der Waals surface area contributed by atoms with Gasteiger partial charge in [0, 0.05) is 100 Å². The summed E-state index contributed by atoms with van der Waals surface area (Å²) in [5.41, 5.74) is 16.7. The molecule has 0 saturated heterocycles. The highest BCUT2D eigenvalue weighted by Crippen LogP contribution is 2.48. The van der Waals surface area contributed by atoms with E-state index >= 15 is 0 Å². The number of anilines is 6. The van der Waals surface area contributed by atoms with E-state index in [1.165, 1.54) is 54.4 Å². The van der Waals surface area contributed by atoms with Gasteiger partial charge in [0.2, 0.25) is 0 Å². The molecule has 0 spiro atoms. The van der Waals surface area contributed by atoms with Crippen LogP contribution in [0.15, 0.2) is 300 Å². The van der Waals surface area contributed by atoms with Crippen molar-refractivity contribution in [1.29, 1.82) is 0 Å². The molecule has 0 atom stereocenters. The Labute approximate surface area is 481 Å². The molecule has 84 heavy (non-hydrogen) atoms. The van der Waals surface area contributed by atoms with Crippen LogP contribution in [-0.4, -0.2) is 9.13 Å². The van der Waals surface area contributed by atoms with Gasteiger partial charge in [0.15, 0.2) is 0 Å². The monoisotopic (exact) mass is 1070 g/mol. The van der Waals surface area contributed by atoms with Gasteiger partial charge in [-0.15, -0.1) is 0 Å². The molecule has 18 rings (SSSR count). The Morgan fingerprint density at radius 3 is 1.04 bits per heavy atom. The summed E-state index contributed by atoms with van der Waals surface area (Å²) in [7, 11) is 0. The summed E-state index contributed by atoms with van der Waals surface area (Å²) in [6.07, 6.45) is 0. The minimum absolute atomic E-state index is 0.825. The zero-order valence-electron chi connectivity index (χ0n) is 45.3. The third kappa shape index (κ3) is 6.92. The molecular formula is C78H48N4O2. The summed E-state index contributed by atoms with van der Waals surface area (Å²) in [5, 5.41) is 16.1. The van der Waals surface area contributed by atoms with Gasteiger partial charge in [0.1, 0.15) is 22.3 Å². The molecule has 4 aromatic heterocycles. The number of para-hydroxylation sites is 6. The summed E-state index contributed by atoms with van der Waals surface area (Å²) in [6.45, 7) is 0. The maximum absolute atomic E-state index is 6.91. The smallest absolute Gasteiger partial charge is 0.137 e. The normalized spacial score (nSPS) is 12.0. The van der Waals surface area contributed by atoms with Crippen LogP contribution in [0.5, 0.6) is 0 Å². The van der Waals surface area contributed by atoms with Gasteiger partial charge < -0.3 is 27.8 Å². The molecule has 0 amide bonds. The van der Waals surface area contributed by atoms with Gasteiger partial charge in [-0.05, 0) is 155 Å². The van der Waals surface area contributed by atoms with Crippen LogP contribution in [0.4, 0.5) is 34.1 Å². The summed E-state index contributed by atoms with van der Waals surface area (Å²) in [4.78, 5) is 4.73. The van der Waals surface area contributed by atoms with Gasteiger partial charge in [-0.25, -0.2) is 0 Å². The van der Waals surface area contributed by atoms with Crippen molar-refractivity contribution in [3.63, 3.8) is 0 Å². The second kappa shape index (κ2) is 18.1. The molecule has 18 aromatic rings. The predicted octanol–water partition coefficient (Wildman–Crippen LogP) is 22.1. The standard InChI is InChI=1S/C78H48N4O2/c1-5-19-51(20-6-1)79(67-33-17-29-61-57(67)39-41-71-77(61)63-27-13-15-31-69(63)81(71)53-23-9-3-10-24-53)55-35-37-59-65-43-49-46-74-66(44-50(49)45-73(65)83-75(59)47-55)60-38-36-56(48-76(60)84-74)80(52-21-7-2-8-22-52)68-34-18-30-62-58(68)40-42-72-78(62)64-28-14-16-32-70(64)82(72)54-25-11-4-12-26-54/h1-48H. The lowest BCUT2D eigenvalue weighted by Gasteiger charge is -2.27. The lowest BCUT2D eigenvalue weighted by molar-refractivity contribution is 0.668. The summed E-state index contributed by atoms with van der Waals surface area (Å²) >= 11 is 0. The molecule has 0 N–H and O–H groups in total. The molecule has 392 valence electrons. The van der Waals surface area contributed by atoms with E-state index in [1.807, 2.05) is 0 Å². The molecule has 0 unspecified atom stereocenters. The van der Waals surface area contributed by atoms with E-state index in [2.05, 4.69) is 310 Å². The number of furan rings is 2. The fourth-order valence-electron chi connectivity index (χ4n) is 13.8. The van der Waals surface area contributed by atoms with Crippen molar-refractivity contribution in [1.82, 2.24) is 9.13 Å². The lowest BCUT2D eigenvalue weighted by Crippen LogP contribution is -2.10. The largest absolute Gasteiger partial charge is 0.456 e. The topological polar surface area (TPSA) is 42.6 Å². The minimum Gasteiger partial charge on any atom is -0.456 e. The van der Waals surface area contributed by atoms with Gasteiger partial charge in [-0.3, -0.25) is 0 Å². The maximum atomic E-state index is 6.91. The molecule has 6 nitrogen and oxygen atoms in total. The van der Waals surface area contributed by atoms with Gasteiger partial charge in [-0.1, -0.05) is 146 Å². The van der Waals surface area contributed by atoms with E-state index in [0.717, 1.165) is 111 Å². The SMILES string of the molecule is c1ccc(N(c2ccc3c(c2)oc2cc4cc5c(cc4cc23)oc2cc(N(c3ccccc3)c3cccc4c3ccc3c4c4ccccc4n3-c3ccccc3)ccc25)c2cccc3c2ccc2c3c3ccccc3n2-c2ccccc2)cc1.